The number of aliphatic hydroxyl groups is 1. The van der Waals surface area contributed by atoms with Gasteiger partial charge in [0.15, 0.2) is 0 Å². The molecule has 0 aromatic carbocycles. The minimum absolute atomic E-state index is 0.401. The Morgan fingerprint density at radius 2 is 2.13 bits per heavy atom. The van der Waals surface area contributed by atoms with Crippen LogP contribution < -0.4 is 0 Å². The van der Waals surface area contributed by atoms with Crippen LogP contribution in [0.2, 0.25) is 0 Å². The minimum Gasteiger partial charge on any atom is -0.467 e. The molecule has 1 aromatic rings. The fourth-order valence-electron chi connectivity index (χ4n) is 2.49. The molecule has 1 saturated carbocycles. The fraction of sp³-hybridized carbons (Fsp3) is 0.692. The van der Waals surface area contributed by atoms with Crippen molar-refractivity contribution in [2.75, 3.05) is 0 Å². The van der Waals surface area contributed by atoms with Gasteiger partial charge in [0.05, 0.1) is 6.26 Å². The molecule has 1 aliphatic carbocycles. The Balaban J connectivity index is 1.73. The lowest BCUT2D eigenvalue weighted by atomic mass is 9.85. The quantitative estimate of drug-likeness (QED) is 0.819. The second kappa shape index (κ2) is 5.36. The summed E-state index contributed by atoms with van der Waals surface area (Å²) >= 11 is 0. The van der Waals surface area contributed by atoms with E-state index in [1.54, 1.807) is 6.26 Å². The first-order chi connectivity index (χ1) is 7.36. The molecule has 1 fully saturated rings. The largest absolute Gasteiger partial charge is 0.467 e. The van der Waals surface area contributed by atoms with E-state index in [1.165, 1.54) is 32.1 Å². The van der Waals surface area contributed by atoms with Crippen LogP contribution in [0, 0.1) is 5.92 Å². The summed E-state index contributed by atoms with van der Waals surface area (Å²) in [6.07, 6.45) is 10.1. The van der Waals surface area contributed by atoms with E-state index in [0.717, 1.165) is 18.8 Å². The highest BCUT2D eigenvalue weighted by molar-refractivity contribution is 5.01. The van der Waals surface area contributed by atoms with E-state index in [9.17, 15) is 5.11 Å². The summed E-state index contributed by atoms with van der Waals surface area (Å²) in [6, 6.07) is 3.69. The van der Waals surface area contributed by atoms with Crippen LogP contribution in [-0.4, -0.2) is 5.11 Å². The topological polar surface area (TPSA) is 33.4 Å². The highest BCUT2D eigenvalue weighted by Gasteiger charge is 2.16. The summed E-state index contributed by atoms with van der Waals surface area (Å²) in [6.45, 7) is 0. The van der Waals surface area contributed by atoms with E-state index in [4.69, 9.17) is 4.42 Å². The lowest BCUT2D eigenvalue weighted by molar-refractivity contribution is 0.127. The van der Waals surface area contributed by atoms with Crippen molar-refractivity contribution in [3.8, 4) is 0 Å². The van der Waals surface area contributed by atoms with Gasteiger partial charge in [-0.3, -0.25) is 0 Å². The Bertz CT molecular complexity index is 260. The average molecular weight is 208 g/mol. The molecule has 1 atom stereocenters. The van der Waals surface area contributed by atoms with Crippen molar-refractivity contribution in [2.24, 2.45) is 5.92 Å². The van der Waals surface area contributed by atoms with Crippen molar-refractivity contribution in [2.45, 2.75) is 51.0 Å². The molecule has 0 unspecified atom stereocenters. The van der Waals surface area contributed by atoms with E-state index in [-0.39, 0.29) is 0 Å². The Morgan fingerprint density at radius 3 is 2.80 bits per heavy atom. The van der Waals surface area contributed by atoms with E-state index < -0.39 is 6.10 Å². The third kappa shape index (κ3) is 3.10. The molecule has 2 nitrogen and oxygen atoms in total. The zero-order valence-corrected chi connectivity index (χ0v) is 9.19. The van der Waals surface area contributed by atoms with Crippen LogP contribution in [-0.2, 0) is 0 Å². The van der Waals surface area contributed by atoms with Gasteiger partial charge in [-0.05, 0) is 30.9 Å². The van der Waals surface area contributed by atoms with Gasteiger partial charge in [-0.15, -0.1) is 0 Å². The van der Waals surface area contributed by atoms with Crippen molar-refractivity contribution >= 4 is 0 Å². The molecule has 0 amide bonds. The van der Waals surface area contributed by atoms with Crippen LogP contribution in [0.5, 0.6) is 0 Å². The van der Waals surface area contributed by atoms with Crippen molar-refractivity contribution in [3.63, 3.8) is 0 Å². The number of furan rings is 1. The molecule has 0 saturated heterocycles. The Hall–Kier alpha value is -0.760. The van der Waals surface area contributed by atoms with Gasteiger partial charge >= 0.3 is 0 Å². The number of hydrogen-bond acceptors (Lipinski definition) is 2. The molecular weight excluding hydrogens is 188 g/mol. The lowest BCUT2D eigenvalue weighted by Crippen LogP contribution is -2.08. The third-order valence-corrected chi connectivity index (χ3v) is 3.44. The van der Waals surface area contributed by atoms with Crippen molar-refractivity contribution in [3.05, 3.63) is 24.2 Å². The first-order valence-electron chi connectivity index (χ1n) is 6.08. The zero-order chi connectivity index (χ0) is 10.5. The van der Waals surface area contributed by atoms with Crippen LogP contribution in [0.4, 0.5) is 0 Å². The average Bonchev–Trinajstić information content (AvgIpc) is 2.81. The molecule has 0 bridgehead atoms. The lowest BCUT2D eigenvalue weighted by Gasteiger charge is -2.22. The van der Waals surface area contributed by atoms with Crippen LogP contribution in [0.25, 0.3) is 0 Å². The summed E-state index contributed by atoms with van der Waals surface area (Å²) in [5.74, 6) is 1.55. The van der Waals surface area contributed by atoms with Crippen molar-refractivity contribution < 1.29 is 9.52 Å². The van der Waals surface area contributed by atoms with Gasteiger partial charge in [-0.25, -0.2) is 0 Å². The van der Waals surface area contributed by atoms with Gasteiger partial charge in [-0.2, -0.15) is 0 Å². The molecule has 0 radical (unpaired) electrons. The standard InChI is InChI=1S/C13H20O2/c14-12(13-7-4-10-15-13)9-8-11-5-2-1-3-6-11/h4,7,10-12,14H,1-3,5-6,8-9H2/t12-/m1/s1. The van der Waals surface area contributed by atoms with Gasteiger partial charge in [0.1, 0.15) is 11.9 Å². The smallest absolute Gasteiger partial charge is 0.132 e. The summed E-state index contributed by atoms with van der Waals surface area (Å²) in [7, 11) is 0. The molecule has 15 heavy (non-hydrogen) atoms. The molecule has 1 heterocycles. The normalized spacial score (nSPS) is 20.3. The van der Waals surface area contributed by atoms with Gasteiger partial charge in [0.25, 0.3) is 0 Å². The number of aliphatic hydroxyl groups excluding tert-OH is 1. The summed E-state index contributed by atoms with van der Waals surface area (Å²) < 4.78 is 5.19. The van der Waals surface area contributed by atoms with E-state index in [2.05, 4.69) is 0 Å². The number of rotatable bonds is 4. The predicted octanol–water partition coefficient (Wildman–Crippen LogP) is 3.67. The molecule has 0 aliphatic heterocycles. The van der Waals surface area contributed by atoms with Gasteiger partial charge in [0, 0.05) is 0 Å². The maximum absolute atomic E-state index is 9.85. The number of hydrogen-bond donors (Lipinski definition) is 1. The summed E-state index contributed by atoms with van der Waals surface area (Å²) in [4.78, 5) is 0. The molecule has 2 heteroatoms. The Kier molecular flexibility index (Phi) is 3.84. The second-order valence-corrected chi connectivity index (χ2v) is 4.61. The van der Waals surface area contributed by atoms with Crippen molar-refractivity contribution in [1.82, 2.24) is 0 Å². The van der Waals surface area contributed by atoms with Crippen LogP contribution in [0.15, 0.2) is 22.8 Å². The van der Waals surface area contributed by atoms with E-state index in [0.29, 0.717) is 5.76 Å². The first-order valence-corrected chi connectivity index (χ1v) is 6.08. The summed E-state index contributed by atoms with van der Waals surface area (Å²) in [5, 5.41) is 9.85. The molecule has 1 aliphatic rings. The molecule has 1 N–H and O–H groups in total. The van der Waals surface area contributed by atoms with Crippen LogP contribution in [0.3, 0.4) is 0 Å². The highest BCUT2D eigenvalue weighted by atomic mass is 16.4. The van der Waals surface area contributed by atoms with Crippen LogP contribution >= 0.6 is 0 Å². The third-order valence-electron chi connectivity index (χ3n) is 3.44. The van der Waals surface area contributed by atoms with Gasteiger partial charge in [0.2, 0.25) is 0 Å². The van der Waals surface area contributed by atoms with Crippen molar-refractivity contribution in [1.29, 1.82) is 0 Å². The van der Waals surface area contributed by atoms with Gasteiger partial charge < -0.3 is 9.52 Å². The molecule has 1 aromatic heterocycles. The fourth-order valence-corrected chi connectivity index (χ4v) is 2.49. The highest BCUT2D eigenvalue weighted by Crippen LogP contribution is 2.30. The Labute approximate surface area is 91.3 Å². The second-order valence-electron chi connectivity index (χ2n) is 4.61. The van der Waals surface area contributed by atoms with Crippen LogP contribution in [0.1, 0.15) is 56.8 Å². The first kappa shape index (κ1) is 10.7. The summed E-state index contributed by atoms with van der Waals surface area (Å²) in [5.41, 5.74) is 0. The van der Waals surface area contributed by atoms with E-state index in [1.807, 2.05) is 12.1 Å². The molecular formula is C13H20O2. The maximum atomic E-state index is 9.85. The predicted molar refractivity (Wildman–Crippen MR) is 59.5 cm³/mol. The monoisotopic (exact) mass is 208 g/mol. The SMILES string of the molecule is O[C@H](CCC1CCCCC1)c1ccco1. The zero-order valence-electron chi connectivity index (χ0n) is 9.19. The minimum atomic E-state index is -0.401. The molecule has 2 rings (SSSR count). The maximum Gasteiger partial charge on any atom is 0.132 e. The van der Waals surface area contributed by atoms with Gasteiger partial charge in [-0.1, -0.05) is 32.1 Å². The Morgan fingerprint density at radius 1 is 1.33 bits per heavy atom. The molecule has 84 valence electrons. The molecule has 0 spiro atoms. The van der Waals surface area contributed by atoms with E-state index >= 15 is 0 Å².